The van der Waals surface area contributed by atoms with Crippen molar-refractivity contribution >= 4 is 0 Å². The molecule has 16 heavy (non-hydrogen) atoms. The molecule has 3 aliphatic carbocycles. The average molecular weight is 228 g/mol. The standard InChI is InChI=1S/C12H20O4/c1-13-9-7-5-6-8(10(9)14-2)12(16-4)11(7)15-3/h5-12H,1-4H3. The first-order valence-corrected chi connectivity index (χ1v) is 5.58. The predicted molar refractivity (Wildman–Crippen MR) is 59.3 cm³/mol. The first-order valence-electron chi connectivity index (χ1n) is 5.58. The van der Waals surface area contributed by atoms with Crippen LogP contribution >= 0.6 is 0 Å². The molecule has 0 aromatic heterocycles. The van der Waals surface area contributed by atoms with Gasteiger partial charge < -0.3 is 18.9 Å². The largest absolute Gasteiger partial charge is 0.378 e. The molecule has 92 valence electrons. The lowest BCUT2D eigenvalue weighted by Crippen LogP contribution is -2.61. The van der Waals surface area contributed by atoms with E-state index < -0.39 is 0 Å². The van der Waals surface area contributed by atoms with E-state index in [-0.39, 0.29) is 36.3 Å². The third kappa shape index (κ3) is 1.61. The maximum atomic E-state index is 5.54. The highest BCUT2D eigenvalue weighted by Gasteiger charge is 2.53. The summed E-state index contributed by atoms with van der Waals surface area (Å²) in [6, 6.07) is 0. The third-order valence-corrected chi connectivity index (χ3v) is 3.81. The van der Waals surface area contributed by atoms with Gasteiger partial charge in [0, 0.05) is 40.3 Å². The zero-order chi connectivity index (χ0) is 11.7. The minimum absolute atomic E-state index is 0.0522. The van der Waals surface area contributed by atoms with Gasteiger partial charge in [0.2, 0.25) is 0 Å². The van der Waals surface area contributed by atoms with E-state index >= 15 is 0 Å². The van der Waals surface area contributed by atoms with Crippen molar-refractivity contribution in [3.05, 3.63) is 12.2 Å². The first-order chi connectivity index (χ1) is 7.78. The molecule has 1 saturated carbocycles. The number of methoxy groups -OCH3 is 4. The van der Waals surface area contributed by atoms with Crippen LogP contribution in [0.25, 0.3) is 0 Å². The molecule has 4 heteroatoms. The van der Waals surface area contributed by atoms with E-state index in [2.05, 4.69) is 12.2 Å². The summed E-state index contributed by atoms with van der Waals surface area (Å²) in [5.41, 5.74) is 0. The Labute approximate surface area is 96.5 Å². The maximum absolute atomic E-state index is 5.54. The van der Waals surface area contributed by atoms with Gasteiger partial charge in [-0.05, 0) is 0 Å². The Morgan fingerprint density at radius 2 is 0.812 bits per heavy atom. The third-order valence-electron chi connectivity index (χ3n) is 3.81. The van der Waals surface area contributed by atoms with Gasteiger partial charge in [-0.25, -0.2) is 0 Å². The van der Waals surface area contributed by atoms with Crippen molar-refractivity contribution in [1.82, 2.24) is 0 Å². The molecule has 0 amide bonds. The normalized spacial score (nSPS) is 46.2. The van der Waals surface area contributed by atoms with Gasteiger partial charge in [0.1, 0.15) is 0 Å². The van der Waals surface area contributed by atoms with E-state index in [1.165, 1.54) is 0 Å². The smallest absolute Gasteiger partial charge is 0.0927 e. The first kappa shape index (κ1) is 12.0. The molecule has 0 saturated heterocycles. The second-order valence-corrected chi connectivity index (χ2v) is 4.34. The number of hydrogen-bond donors (Lipinski definition) is 0. The highest BCUT2D eigenvalue weighted by atomic mass is 16.6. The lowest BCUT2D eigenvalue weighted by Gasteiger charge is -2.50. The minimum atomic E-state index is 0.0522. The van der Waals surface area contributed by atoms with Crippen molar-refractivity contribution in [2.75, 3.05) is 28.4 Å². The number of fused-ring (bicyclic) bond motifs is 2. The van der Waals surface area contributed by atoms with E-state index in [1.807, 2.05) is 0 Å². The van der Waals surface area contributed by atoms with Gasteiger partial charge in [-0.1, -0.05) is 12.2 Å². The van der Waals surface area contributed by atoms with Gasteiger partial charge in [-0.15, -0.1) is 0 Å². The molecule has 0 spiro atoms. The van der Waals surface area contributed by atoms with Crippen LogP contribution in [0.2, 0.25) is 0 Å². The summed E-state index contributed by atoms with van der Waals surface area (Å²) >= 11 is 0. The molecule has 4 atom stereocenters. The molecule has 0 N–H and O–H groups in total. The van der Waals surface area contributed by atoms with Crippen molar-refractivity contribution in [3.8, 4) is 0 Å². The van der Waals surface area contributed by atoms with Crippen molar-refractivity contribution in [1.29, 1.82) is 0 Å². The molecule has 2 bridgehead atoms. The van der Waals surface area contributed by atoms with Crippen LogP contribution in [-0.2, 0) is 18.9 Å². The summed E-state index contributed by atoms with van der Waals surface area (Å²) in [5.74, 6) is 0.407. The van der Waals surface area contributed by atoms with Crippen LogP contribution < -0.4 is 0 Å². The Kier molecular flexibility index (Phi) is 3.64. The molecule has 0 aromatic rings. The monoisotopic (exact) mass is 228 g/mol. The predicted octanol–water partition coefficient (Wildman–Crippen LogP) is 0.862. The SMILES string of the molecule is COC1C2C=CC(C1OC)C(OC)C2OC. The van der Waals surface area contributed by atoms with Crippen molar-refractivity contribution in [3.63, 3.8) is 0 Å². The number of hydrogen-bond acceptors (Lipinski definition) is 4. The molecular formula is C12H20O4. The molecule has 3 aliphatic rings. The Bertz CT molecular complexity index is 220. The van der Waals surface area contributed by atoms with Crippen LogP contribution in [0, 0.1) is 11.8 Å². The molecule has 0 heterocycles. The van der Waals surface area contributed by atoms with Crippen LogP contribution in [0.5, 0.6) is 0 Å². The molecular weight excluding hydrogens is 208 g/mol. The fraction of sp³-hybridized carbons (Fsp3) is 0.833. The van der Waals surface area contributed by atoms with E-state index in [0.29, 0.717) is 0 Å². The Morgan fingerprint density at radius 1 is 0.562 bits per heavy atom. The van der Waals surface area contributed by atoms with E-state index in [4.69, 9.17) is 18.9 Å². The summed E-state index contributed by atoms with van der Waals surface area (Å²) in [7, 11) is 6.89. The highest BCUT2D eigenvalue weighted by molar-refractivity contribution is 5.19. The lowest BCUT2D eigenvalue weighted by atomic mass is 9.68. The molecule has 0 aromatic carbocycles. The Morgan fingerprint density at radius 3 is 1.00 bits per heavy atom. The average Bonchev–Trinajstić information content (AvgIpc) is 2.36. The molecule has 4 nitrogen and oxygen atoms in total. The van der Waals surface area contributed by atoms with Gasteiger partial charge in [0.15, 0.2) is 0 Å². The van der Waals surface area contributed by atoms with Crippen molar-refractivity contribution in [2.24, 2.45) is 11.8 Å². The quantitative estimate of drug-likeness (QED) is 0.669. The van der Waals surface area contributed by atoms with Gasteiger partial charge in [0.05, 0.1) is 24.4 Å². The minimum Gasteiger partial charge on any atom is -0.378 e. The van der Waals surface area contributed by atoms with Gasteiger partial charge >= 0.3 is 0 Å². The number of rotatable bonds is 4. The molecule has 4 unspecified atom stereocenters. The van der Waals surface area contributed by atoms with Gasteiger partial charge in [-0.3, -0.25) is 0 Å². The zero-order valence-corrected chi connectivity index (χ0v) is 10.3. The molecule has 0 aliphatic heterocycles. The summed E-state index contributed by atoms with van der Waals surface area (Å²) in [5, 5.41) is 0. The van der Waals surface area contributed by atoms with Crippen LogP contribution in [0.4, 0.5) is 0 Å². The van der Waals surface area contributed by atoms with E-state index in [9.17, 15) is 0 Å². The van der Waals surface area contributed by atoms with Crippen LogP contribution in [0.3, 0.4) is 0 Å². The summed E-state index contributed by atoms with van der Waals surface area (Å²) in [4.78, 5) is 0. The summed E-state index contributed by atoms with van der Waals surface area (Å²) < 4.78 is 22.2. The second kappa shape index (κ2) is 4.84. The zero-order valence-electron chi connectivity index (χ0n) is 10.3. The Balaban J connectivity index is 2.29. The van der Waals surface area contributed by atoms with Crippen LogP contribution in [-0.4, -0.2) is 52.9 Å². The van der Waals surface area contributed by atoms with E-state index in [1.54, 1.807) is 28.4 Å². The van der Waals surface area contributed by atoms with Crippen LogP contribution in [0.1, 0.15) is 0 Å². The molecule has 1 fully saturated rings. The topological polar surface area (TPSA) is 36.9 Å². The fourth-order valence-corrected chi connectivity index (χ4v) is 3.11. The molecule has 3 rings (SSSR count). The molecule has 0 radical (unpaired) electrons. The van der Waals surface area contributed by atoms with Gasteiger partial charge in [0.25, 0.3) is 0 Å². The van der Waals surface area contributed by atoms with Crippen molar-refractivity contribution < 1.29 is 18.9 Å². The lowest BCUT2D eigenvalue weighted by molar-refractivity contribution is -0.197. The summed E-state index contributed by atoms with van der Waals surface area (Å²) in [6.07, 6.45) is 4.54. The summed E-state index contributed by atoms with van der Waals surface area (Å²) in [6.45, 7) is 0. The fourth-order valence-electron chi connectivity index (χ4n) is 3.11. The maximum Gasteiger partial charge on any atom is 0.0927 e. The van der Waals surface area contributed by atoms with Gasteiger partial charge in [-0.2, -0.15) is 0 Å². The second-order valence-electron chi connectivity index (χ2n) is 4.34. The van der Waals surface area contributed by atoms with Crippen molar-refractivity contribution in [2.45, 2.75) is 24.4 Å². The van der Waals surface area contributed by atoms with Crippen LogP contribution in [0.15, 0.2) is 12.2 Å². The van der Waals surface area contributed by atoms with E-state index in [0.717, 1.165) is 0 Å². The highest BCUT2D eigenvalue weighted by Crippen LogP contribution is 2.42. The Hall–Kier alpha value is -0.420. The number of ether oxygens (including phenoxy) is 4.